The van der Waals surface area contributed by atoms with Gasteiger partial charge in [-0.05, 0) is 37.3 Å². The fraction of sp³-hybridized carbons (Fsp3) is 0.562. The van der Waals surface area contributed by atoms with Crippen LogP contribution < -0.4 is 11.1 Å². The zero-order chi connectivity index (χ0) is 16.8. The predicted octanol–water partition coefficient (Wildman–Crippen LogP) is 2.24. The molecule has 7 heteroatoms. The molecule has 1 unspecified atom stereocenters. The van der Waals surface area contributed by atoms with E-state index in [4.69, 9.17) is 5.73 Å². The Hall–Kier alpha value is -2.15. The van der Waals surface area contributed by atoms with Crippen LogP contribution in [0.15, 0.2) is 18.2 Å². The normalized spacial score (nSPS) is 16.7. The third-order valence-electron chi connectivity index (χ3n) is 4.46. The Morgan fingerprint density at radius 2 is 2.09 bits per heavy atom. The maximum absolute atomic E-state index is 12.4. The number of hydrogen-bond acceptors (Lipinski definition) is 5. The van der Waals surface area contributed by atoms with E-state index in [1.54, 1.807) is 0 Å². The number of aliphatic hydroxyl groups excluding tert-OH is 1. The summed E-state index contributed by atoms with van der Waals surface area (Å²) in [6, 6.07) is 3.94. The molecule has 1 amide bonds. The molecule has 0 spiro atoms. The minimum absolute atomic E-state index is 0.00331. The highest BCUT2D eigenvalue weighted by molar-refractivity contribution is 5.95. The molecule has 0 radical (unpaired) electrons. The van der Waals surface area contributed by atoms with Crippen molar-refractivity contribution >= 4 is 17.3 Å². The maximum atomic E-state index is 12.4. The number of carbonyl (C=O) groups is 1. The van der Waals surface area contributed by atoms with Crippen molar-refractivity contribution in [2.24, 2.45) is 5.92 Å². The largest absolute Gasteiger partial charge is 0.396 e. The molecule has 23 heavy (non-hydrogen) atoms. The van der Waals surface area contributed by atoms with Crippen LogP contribution in [0.1, 0.15) is 48.9 Å². The van der Waals surface area contributed by atoms with Crippen LogP contribution in [0, 0.1) is 16.0 Å². The van der Waals surface area contributed by atoms with Gasteiger partial charge in [0.2, 0.25) is 0 Å². The number of nitrogens with zero attached hydrogens (tertiary/aromatic N) is 1. The number of nitrogens with one attached hydrogen (secondary N) is 1. The molecule has 0 heterocycles. The van der Waals surface area contributed by atoms with Crippen molar-refractivity contribution in [2.75, 3.05) is 12.3 Å². The molecule has 1 aromatic carbocycles. The van der Waals surface area contributed by atoms with Gasteiger partial charge in [-0.25, -0.2) is 0 Å². The van der Waals surface area contributed by atoms with Gasteiger partial charge in [0.1, 0.15) is 5.69 Å². The Kier molecular flexibility index (Phi) is 5.92. The molecule has 1 atom stereocenters. The lowest BCUT2D eigenvalue weighted by Crippen LogP contribution is -2.41. The predicted molar refractivity (Wildman–Crippen MR) is 87.0 cm³/mol. The molecule has 1 saturated carbocycles. The van der Waals surface area contributed by atoms with Crippen LogP contribution in [0.4, 0.5) is 11.4 Å². The standard InChI is InChI=1S/C16H23N3O4/c17-13-7-6-12(10-15(13)19(22)23)16(21)18-14(8-9-20)11-4-2-1-3-5-11/h6-7,10-11,14,20H,1-5,8-9,17H2,(H,18,21). The highest BCUT2D eigenvalue weighted by Crippen LogP contribution is 2.28. The fourth-order valence-corrected chi connectivity index (χ4v) is 3.20. The van der Waals surface area contributed by atoms with Crippen LogP contribution in [0.5, 0.6) is 0 Å². The lowest BCUT2D eigenvalue weighted by Gasteiger charge is -2.30. The van der Waals surface area contributed by atoms with Crippen LogP contribution in [0.3, 0.4) is 0 Å². The molecule has 1 aromatic rings. The average molecular weight is 321 g/mol. The fourth-order valence-electron chi connectivity index (χ4n) is 3.20. The lowest BCUT2D eigenvalue weighted by molar-refractivity contribution is -0.383. The molecule has 0 bridgehead atoms. The first kappa shape index (κ1) is 17.2. The van der Waals surface area contributed by atoms with Gasteiger partial charge in [-0.3, -0.25) is 14.9 Å². The van der Waals surface area contributed by atoms with Crippen LogP contribution >= 0.6 is 0 Å². The Morgan fingerprint density at radius 1 is 1.39 bits per heavy atom. The number of amides is 1. The third-order valence-corrected chi connectivity index (χ3v) is 4.46. The van der Waals surface area contributed by atoms with Crippen molar-refractivity contribution in [3.63, 3.8) is 0 Å². The molecule has 1 aliphatic rings. The van der Waals surface area contributed by atoms with Crippen LogP contribution in [-0.4, -0.2) is 28.6 Å². The van der Waals surface area contributed by atoms with Gasteiger partial charge >= 0.3 is 0 Å². The van der Waals surface area contributed by atoms with Gasteiger partial charge in [0.15, 0.2) is 0 Å². The van der Waals surface area contributed by atoms with Crippen LogP contribution in [0.2, 0.25) is 0 Å². The summed E-state index contributed by atoms with van der Waals surface area (Å²) in [6.45, 7) is 0.00331. The number of nitro groups is 1. The highest BCUT2D eigenvalue weighted by Gasteiger charge is 2.25. The summed E-state index contributed by atoms with van der Waals surface area (Å²) in [5, 5.41) is 23.1. The van der Waals surface area contributed by atoms with E-state index in [-0.39, 0.29) is 35.5 Å². The number of carbonyl (C=O) groups excluding carboxylic acids is 1. The number of nitrogens with two attached hydrogens (primary N) is 1. The van der Waals surface area contributed by atoms with Gasteiger partial charge in [-0.2, -0.15) is 0 Å². The van der Waals surface area contributed by atoms with Crippen molar-refractivity contribution < 1.29 is 14.8 Å². The summed E-state index contributed by atoms with van der Waals surface area (Å²) in [5.74, 6) is -0.0132. The van der Waals surface area contributed by atoms with Crippen molar-refractivity contribution in [2.45, 2.75) is 44.6 Å². The van der Waals surface area contributed by atoms with E-state index in [1.807, 2.05) is 0 Å². The first-order valence-corrected chi connectivity index (χ1v) is 7.98. The van der Waals surface area contributed by atoms with E-state index in [1.165, 1.54) is 24.6 Å². The lowest BCUT2D eigenvalue weighted by atomic mass is 9.82. The van der Waals surface area contributed by atoms with E-state index in [0.29, 0.717) is 12.3 Å². The van der Waals surface area contributed by atoms with Gasteiger partial charge in [-0.15, -0.1) is 0 Å². The minimum Gasteiger partial charge on any atom is -0.396 e. The van der Waals surface area contributed by atoms with Crippen LogP contribution in [0.25, 0.3) is 0 Å². The summed E-state index contributed by atoms with van der Waals surface area (Å²) < 4.78 is 0. The summed E-state index contributed by atoms with van der Waals surface area (Å²) >= 11 is 0. The molecule has 126 valence electrons. The zero-order valence-electron chi connectivity index (χ0n) is 13.0. The first-order chi connectivity index (χ1) is 11.0. The van der Waals surface area contributed by atoms with Gasteiger partial charge < -0.3 is 16.2 Å². The summed E-state index contributed by atoms with van der Waals surface area (Å²) in [5.41, 5.74) is 5.53. The number of aliphatic hydroxyl groups is 1. The topological polar surface area (TPSA) is 118 Å². The smallest absolute Gasteiger partial charge is 0.292 e. The molecular weight excluding hydrogens is 298 g/mol. The number of benzene rings is 1. The van der Waals surface area contributed by atoms with E-state index >= 15 is 0 Å². The molecule has 1 aliphatic carbocycles. The molecule has 2 rings (SSSR count). The SMILES string of the molecule is Nc1ccc(C(=O)NC(CCO)C2CCCCC2)cc1[N+](=O)[O-]. The summed E-state index contributed by atoms with van der Waals surface area (Å²) in [7, 11) is 0. The first-order valence-electron chi connectivity index (χ1n) is 7.98. The Bertz CT molecular complexity index is 570. The second-order valence-electron chi connectivity index (χ2n) is 6.02. The Balaban J connectivity index is 2.11. The zero-order valence-corrected chi connectivity index (χ0v) is 13.0. The maximum Gasteiger partial charge on any atom is 0.292 e. The van der Waals surface area contributed by atoms with E-state index < -0.39 is 4.92 Å². The van der Waals surface area contributed by atoms with Gasteiger partial charge in [0, 0.05) is 24.3 Å². The molecule has 0 saturated heterocycles. The molecule has 1 fully saturated rings. The van der Waals surface area contributed by atoms with Crippen molar-refractivity contribution in [3.05, 3.63) is 33.9 Å². The van der Waals surface area contributed by atoms with Gasteiger partial charge in [0.05, 0.1) is 4.92 Å². The Morgan fingerprint density at radius 3 is 2.70 bits per heavy atom. The Labute approximate surface area is 135 Å². The molecule has 7 nitrogen and oxygen atoms in total. The highest BCUT2D eigenvalue weighted by atomic mass is 16.6. The average Bonchev–Trinajstić information content (AvgIpc) is 2.55. The molecule has 0 aromatic heterocycles. The van der Waals surface area contributed by atoms with Crippen molar-refractivity contribution in [3.8, 4) is 0 Å². The number of nitro benzene ring substituents is 1. The van der Waals surface area contributed by atoms with E-state index in [0.717, 1.165) is 25.7 Å². The molecule has 4 N–H and O–H groups in total. The number of rotatable bonds is 6. The van der Waals surface area contributed by atoms with Crippen molar-refractivity contribution in [1.82, 2.24) is 5.32 Å². The number of hydrogen-bond donors (Lipinski definition) is 3. The summed E-state index contributed by atoms with van der Waals surface area (Å²) in [4.78, 5) is 22.7. The third kappa shape index (κ3) is 4.41. The van der Waals surface area contributed by atoms with Crippen LogP contribution in [-0.2, 0) is 0 Å². The van der Waals surface area contributed by atoms with E-state index in [9.17, 15) is 20.0 Å². The van der Waals surface area contributed by atoms with E-state index in [2.05, 4.69) is 5.32 Å². The van der Waals surface area contributed by atoms with Gasteiger partial charge in [0.25, 0.3) is 11.6 Å². The molecular formula is C16H23N3O4. The quantitative estimate of drug-likeness (QED) is 0.422. The summed E-state index contributed by atoms with van der Waals surface area (Å²) in [6.07, 6.45) is 6.04. The van der Waals surface area contributed by atoms with Gasteiger partial charge in [-0.1, -0.05) is 19.3 Å². The minimum atomic E-state index is -0.599. The number of nitrogen functional groups attached to an aromatic ring is 1. The second kappa shape index (κ2) is 7.92. The monoisotopic (exact) mass is 321 g/mol. The molecule has 0 aliphatic heterocycles. The number of anilines is 1. The second-order valence-corrected chi connectivity index (χ2v) is 6.02. The van der Waals surface area contributed by atoms with Crippen molar-refractivity contribution in [1.29, 1.82) is 0 Å².